The van der Waals surface area contributed by atoms with Crippen LogP contribution < -0.4 is 0 Å². The van der Waals surface area contributed by atoms with Crippen LogP contribution in [0.15, 0.2) is 0 Å². The fourth-order valence-corrected chi connectivity index (χ4v) is 2.61. The van der Waals surface area contributed by atoms with E-state index in [-0.39, 0.29) is 0 Å². The van der Waals surface area contributed by atoms with Crippen molar-refractivity contribution < 1.29 is 4.48 Å². The van der Waals surface area contributed by atoms with E-state index in [4.69, 9.17) is 0 Å². The van der Waals surface area contributed by atoms with Gasteiger partial charge in [-0.15, -0.1) is 0 Å². The van der Waals surface area contributed by atoms with E-state index in [1.165, 1.54) is 88.3 Å². The molecule has 122 valence electrons. The second kappa shape index (κ2) is 12.6. The molecule has 0 aliphatic rings. The minimum Gasteiger partial charge on any atom is -0.327 e. The minimum absolute atomic E-state index is 1.18. The van der Waals surface area contributed by atoms with Crippen LogP contribution in [0, 0.1) is 0 Å². The zero-order valence-corrected chi connectivity index (χ0v) is 15.1. The average Bonchev–Trinajstić information content (AvgIpc) is 2.39. The maximum Gasteiger partial charge on any atom is 0.0911 e. The molecule has 0 aliphatic carbocycles. The van der Waals surface area contributed by atoms with E-state index in [0.29, 0.717) is 0 Å². The quantitative estimate of drug-likeness (QED) is 0.334. The van der Waals surface area contributed by atoms with E-state index < -0.39 is 0 Å². The molecule has 0 fully saturated rings. The first-order chi connectivity index (χ1) is 9.48. The first-order valence-electron chi connectivity index (χ1n) is 8.94. The predicted octanol–water partition coefficient (Wildman–Crippen LogP) is 4.55. The zero-order valence-electron chi connectivity index (χ0n) is 15.1. The van der Waals surface area contributed by atoms with Crippen LogP contribution in [-0.2, 0) is 0 Å². The van der Waals surface area contributed by atoms with E-state index in [2.05, 4.69) is 40.0 Å². The van der Waals surface area contributed by atoms with Crippen LogP contribution in [-0.4, -0.2) is 57.2 Å². The molecule has 0 atom stereocenters. The number of quaternary nitrogens is 1. The molecule has 0 spiro atoms. The maximum atomic E-state index is 2.37. The highest BCUT2D eigenvalue weighted by atomic mass is 15.3. The molecule has 0 N–H and O–H groups in total. The van der Waals surface area contributed by atoms with Crippen molar-refractivity contribution in [2.45, 2.75) is 71.1 Å². The van der Waals surface area contributed by atoms with Crippen LogP contribution in [0.3, 0.4) is 0 Å². The second-order valence-electron chi connectivity index (χ2n) is 7.37. The second-order valence-corrected chi connectivity index (χ2v) is 7.37. The molecular weight excluding hydrogens is 244 g/mol. The van der Waals surface area contributed by atoms with Gasteiger partial charge < -0.3 is 9.38 Å². The summed E-state index contributed by atoms with van der Waals surface area (Å²) in [5, 5.41) is 0. The Hall–Kier alpha value is -0.0800. The van der Waals surface area contributed by atoms with Crippen LogP contribution in [0.2, 0.25) is 0 Å². The number of nitrogens with zero attached hydrogens (tertiary/aromatic N) is 2. The largest absolute Gasteiger partial charge is 0.327 e. The summed E-state index contributed by atoms with van der Waals surface area (Å²) in [5.74, 6) is 0. The molecule has 0 rings (SSSR count). The number of rotatable bonds is 14. The van der Waals surface area contributed by atoms with Gasteiger partial charge in [0.1, 0.15) is 0 Å². The molecule has 0 aromatic heterocycles. The van der Waals surface area contributed by atoms with Gasteiger partial charge in [0, 0.05) is 6.54 Å². The van der Waals surface area contributed by atoms with Gasteiger partial charge in [-0.2, -0.15) is 0 Å². The third-order valence-electron chi connectivity index (χ3n) is 4.27. The lowest BCUT2D eigenvalue weighted by Gasteiger charge is -2.31. The summed E-state index contributed by atoms with van der Waals surface area (Å²) in [5.41, 5.74) is 0. The highest BCUT2D eigenvalue weighted by molar-refractivity contribution is 4.48. The molecule has 0 heterocycles. The highest BCUT2D eigenvalue weighted by Crippen LogP contribution is 2.11. The zero-order chi connectivity index (χ0) is 15.3. The van der Waals surface area contributed by atoms with Gasteiger partial charge in [0.2, 0.25) is 0 Å². The van der Waals surface area contributed by atoms with Gasteiger partial charge in [-0.3, -0.25) is 0 Å². The van der Waals surface area contributed by atoms with Crippen molar-refractivity contribution in [3.05, 3.63) is 0 Å². The Kier molecular flexibility index (Phi) is 12.6. The SMILES string of the molecule is CCCCCCCCCCCC[N+](C)(C)CCN(C)C. The van der Waals surface area contributed by atoms with Gasteiger partial charge >= 0.3 is 0 Å². The molecule has 0 aromatic rings. The van der Waals surface area contributed by atoms with Gasteiger partial charge in [-0.1, -0.05) is 58.3 Å². The summed E-state index contributed by atoms with van der Waals surface area (Å²) in [6, 6.07) is 0. The molecule has 0 aromatic carbocycles. The molecule has 0 amide bonds. The molecule has 0 unspecified atom stereocenters. The molecule has 0 aliphatic heterocycles. The summed E-state index contributed by atoms with van der Waals surface area (Å²) < 4.78 is 1.18. The first kappa shape index (κ1) is 19.9. The van der Waals surface area contributed by atoms with E-state index in [0.717, 1.165) is 0 Å². The Bertz CT molecular complexity index is 200. The lowest BCUT2D eigenvalue weighted by Crippen LogP contribution is -2.44. The van der Waals surface area contributed by atoms with Crippen molar-refractivity contribution in [1.82, 2.24) is 4.90 Å². The lowest BCUT2D eigenvalue weighted by atomic mass is 10.1. The maximum absolute atomic E-state index is 2.37. The summed E-state index contributed by atoms with van der Waals surface area (Å²) in [4.78, 5) is 2.29. The van der Waals surface area contributed by atoms with Crippen molar-refractivity contribution in [1.29, 1.82) is 0 Å². The molecule has 2 nitrogen and oxygen atoms in total. The monoisotopic (exact) mass is 285 g/mol. The van der Waals surface area contributed by atoms with Crippen molar-refractivity contribution in [3.8, 4) is 0 Å². The summed E-state index contributed by atoms with van der Waals surface area (Å²) in [7, 11) is 9.08. The average molecular weight is 286 g/mol. The molecule has 0 bridgehead atoms. The van der Waals surface area contributed by atoms with Gasteiger partial charge in [0.25, 0.3) is 0 Å². The molecule has 2 heteroatoms. The molecule has 0 saturated carbocycles. The van der Waals surface area contributed by atoms with Gasteiger partial charge in [-0.05, 0) is 26.9 Å². The fraction of sp³-hybridized carbons (Fsp3) is 1.00. The minimum atomic E-state index is 1.18. The summed E-state index contributed by atoms with van der Waals surface area (Å²) >= 11 is 0. The Morgan fingerprint density at radius 2 is 1.10 bits per heavy atom. The molecular formula is C18H41N2+. The number of hydrogen-bond donors (Lipinski definition) is 0. The Balaban J connectivity index is 3.30. The van der Waals surface area contributed by atoms with Crippen LogP contribution in [0.1, 0.15) is 71.1 Å². The third kappa shape index (κ3) is 14.3. The van der Waals surface area contributed by atoms with Gasteiger partial charge in [0.05, 0.1) is 27.2 Å². The summed E-state index contributed by atoms with van der Waals surface area (Å²) in [6.45, 7) is 6.10. The number of unbranched alkanes of at least 4 members (excludes halogenated alkanes) is 9. The topological polar surface area (TPSA) is 3.24 Å². The van der Waals surface area contributed by atoms with Crippen LogP contribution in [0.4, 0.5) is 0 Å². The smallest absolute Gasteiger partial charge is 0.0911 e. The normalized spacial score (nSPS) is 12.3. The van der Waals surface area contributed by atoms with E-state index in [9.17, 15) is 0 Å². The van der Waals surface area contributed by atoms with Crippen molar-refractivity contribution in [3.63, 3.8) is 0 Å². The lowest BCUT2D eigenvalue weighted by molar-refractivity contribution is -0.890. The fourth-order valence-electron chi connectivity index (χ4n) is 2.61. The van der Waals surface area contributed by atoms with Crippen molar-refractivity contribution >= 4 is 0 Å². The van der Waals surface area contributed by atoms with E-state index in [1.54, 1.807) is 0 Å². The Labute approximate surface area is 129 Å². The number of hydrogen-bond acceptors (Lipinski definition) is 1. The molecule has 0 radical (unpaired) electrons. The molecule has 0 saturated heterocycles. The van der Waals surface area contributed by atoms with Crippen molar-refractivity contribution in [2.75, 3.05) is 47.8 Å². The molecule has 20 heavy (non-hydrogen) atoms. The third-order valence-corrected chi connectivity index (χ3v) is 4.27. The number of likely N-dealkylation sites (N-methyl/N-ethyl adjacent to an activating group) is 2. The van der Waals surface area contributed by atoms with Crippen LogP contribution in [0.5, 0.6) is 0 Å². The summed E-state index contributed by atoms with van der Waals surface area (Å²) in [6.07, 6.45) is 14.4. The standard InChI is InChI=1S/C18H41N2/c1-6-7-8-9-10-11-12-13-14-15-17-20(4,5)18-16-19(2)3/h6-18H2,1-5H3/q+1. The van der Waals surface area contributed by atoms with Gasteiger partial charge in [0.15, 0.2) is 0 Å². The predicted molar refractivity (Wildman–Crippen MR) is 92.2 cm³/mol. The van der Waals surface area contributed by atoms with Gasteiger partial charge in [-0.25, -0.2) is 0 Å². The van der Waals surface area contributed by atoms with Crippen molar-refractivity contribution in [2.24, 2.45) is 0 Å². The first-order valence-corrected chi connectivity index (χ1v) is 8.94. The van der Waals surface area contributed by atoms with E-state index in [1.807, 2.05) is 0 Å². The van der Waals surface area contributed by atoms with E-state index >= 15 is 0 Å². The Morgan fingerprint density at radius 1 is 0.650 bits per heavy atom. The van der Waals surface area contributed by atoms with Crippen LogP contribution >= 0.6 is 0 Å². The van der Waals surface area contributed by atoms with Crippen LogP contribution in [0.25, 0.3) is 0 Å². The Morgan fingerprint density at radius 3 is 1.55 bits per heavy atom. The highest BCUT2D eigenvalue weighted by Gasteiger charge is 2.13.